The molecular formula is C20H15BrFNO4S. The molecule has 0 aliphatic carbocycles. The van der Waals surface area contributed by atoms with Crippen molar-refractivity contribution in [3.05, 3.63) is 94.2 Å². The fourth-order valence-electron chi connectivity index (χ4n) is 2.37. The lowest BCUT2D eigenvalue weighted by Gasteiger charge is -2.09. The molecule has 28 heavy (non-hydrogen) atoms. The van der Waals surface area contributed by atoms with Crippen LogP contribution in [0.2, 0.25) is 0 Å². The zero-order valence-electron chi connectivity index (χ0n) is 14.4. The van der Waals surface area contributed by atoms with Crippen molar-refractivity contribution in [1.82, 2.24) is 4.72 Å². The van der Waals surface area contributed by atoms with Crippen molar-refractivity contribution in [2.24, 2.45) is 0 Å². The van der Waals surface area contributed by atoms with E-state index in [-0.39, 0.29) is 22.9 Å². The molecule has 0 spiro atoms. The Morgan fingerprint density at radius 2 is 1.71 bits per heavy atom. The number of benzene rings is 3. The van der Waals surface area contributed by atoms with Gasteiger partial charge in [-0.25, -0.2) is 17.5 Å². The maximum absolute atomic E-state index is 13.2. The molecule has 3 aromatic rings. The fraction of sp³-hybridized carbons (Fsp3) is 0.0500. The molecular weight excluding hydrogens is 449 g/mol. The molecule has 0 unspecified atom stereocenters. The molecule has 0 saturated carbocycles. The molecule has 5 nitrogen and oxygen atoms in total. The van der Waals surface area contributed by atoms with Gasteiger partial charge in [-0.3, -0.25) is 4.79 Å². The summed E-state index contributed by atoms with van der Waals surface area (Å²) in [6.45, 7) is 0.167. The average molecular weight is 464 g/mol. The van der Waals surface area contributed by atoms with Crippen LogP contribution >= 0.6 is 15.9 Å². The number of carbonyl (C=O) groups is 1. The van der Waals surface area contributed by atoms with Crippen molar-refractivity contribution in [2.75, 3.05) is 0 Å². The van der Waals surface area contributed by atoms with Crippen molar-refractivity contribution in [3.63, 3.8) is 0 Å². The third-order valence-electron chi connectivity index (χ3n) is 3.74. The minimum atomic E-state index is -3.99. The zero-order chi connectivity index (χ0) is 20.1. The molecule has 0 saturated heterocycles. The van der Waals surface area contributed by atoms with Crippen molar-refractivity contribution >= 4 is 31.9 Å². The van der Waals surface area contributed by atoms with E-state index in [1.807, 2.05) is 4.72 Å². The predicted molar refractivity (Wildman–Crippen MR) is 106 cm³/mol. The fourth-order valence-corrected chi connectivity index (χ4v) is 3.94. The molecule has 0 heterocycles. The van der Waals surface area contributed by atoms with Gasteiger partial charge in [-0.05, 0) is 60.2 Å². The number of halogens is 2. The van der Waals surface area contributed by atoms with Gasteiger partial charge < -0.3 is 4.74 Å². The Labute approximate surface area is 170 Å². The molecule has 144 valence electrons. The topological polar surface area (TPSA) is 72.5 Å². The van der Waals surface area contributed by atoms with E-state index in [2.05, 4.69) is 15.9 Å². The van der Waals surface area contributed by atoms with Gasteiger partial charge in [0, 0.05) is 10.0 Å². The first-order valence-electron chi connectivity index (χ1n) is 8.13. The van der Waals surface area contributed by atoms with E-state index in [1.165, 1.54) is 36.4 Å². The van der Waals surface area contributed by atoms with Crippen LogP contribution in [0.4, 0.5) is 4.39 Å². The number of sulfonamides is 1. The molecule has 3 aromatic carbocycles. The molecule has 0 aromatic heterocycles. The number of amides is 1. The summed E-state index contributed by atoms with van der Waals surface area (Å²) in [5, 5.41) is 0. The van der Waals surface area contributed by atoms with E-state index in [4.69, 9.17) is 4.74 Å². The number of carbonyl (C=O) groups excluding carboxylic acids is 1. The second-order valence-corrected chi connectivity index (χ2v) is 8.43. The first kappa shape index (κ1) is 20.0. The van der Waals surface area contributed by atoms with Crippen LogP contribution in [-0.2, 0) is 16.6 Å². The highest BCUT2D eigenvalue weighted by Crippen LogP contribution is 2.18. The Bertz CT molecular complexity index is 1100. The molecule has 1 amide bonds. The Kier molecular flexibility index (Phi) is 6.11. The molecule has 0 aliphatic rings. The van der Waals surface area contributed by atoms with Crippen molar-refractivity contribution in [1.29, 1.82) is 0 Å². The second kappa shape index (κ2) is 8.53. The molecule has 1 N–H and O–H groups in total. The summed E-state index contributed by atoms with van der Waals surface area (Å²) in [6.07, 6.45) is 0. The smallest absolute Gasteiger partial charge is 0.265 e. The lowest BCUT2D eigenvalue weighted by Crippen LogP contribution is -2.30. The minimum Gasteiger partial charge on any atom is -0.489 e. The maximum Gasteiger partial charge on any atom is 0.265 e. The number of ether oxygens (including phenoxy) is 1. The van der Waals surface area contributed by atoms with Crippen molar-refractivity contribution in [3.8, 4) is 5.75 Å². The van der Waals surface area contributed by atoms with E-state index < -0.39 is 15.9 Å². The Balaban J connectivity index is 1.65. The second-order valence-electron chi connectivity index (χ2n) is 5.83. The Morgan fingerprint density at radius 1 is 1.00 bits per heavy atom. The summed E-state index contributed by atoms with van der Waals surface area (Å²) < 4.78 is 45.9. The van der Waals surface area contributed by atoms with Crippen LogP contribution < -0.4 is 9.46 Å². The largest absolute Gasteiger partial charge is 0.489 e. The molecule has 0 aliphatic heterocycles. The van der Waals surface area contributed by atoms with Gasteiger partial charge >= 0.3 is 0 Å². The summed E-state index contributed by atoms with van der Waals surface area (Å²) in [5.74, 6) is -0.632. The Morgan fingerprint density at radius 3 is 2.39 bits per heavy atom. The summed E-state index contributed by atoms with van der Waals surface area (Å²) in [4.78, 5) is 12.2. The SMILES string of the molecule is O=C(NS(=O)(=O)c1cccc(Br)c1)c1ccc(OCc2cccc(F)c2)cc1. The minimum absolute atomic E-state index is 0.0229. The van der Waals surface area contributed by atoms with E-state index in [0.29, 0.717) is 15.8 Å². The first-order valence-corrected chi connectivity index (χ1v) is 10.4. The number of rotatable bonds is 6. The maximum atomic E-state index is 13.2. The normalized spacial score (nSPS) is 11.1. The third kappa shape index (κ3) is 5.17. The zero-order valence-corrected chi connectivity index (χ0v) is 16.8. The molecule has 8 heteroatoms. The third-order valence-corrected chi connectivity index (χ3v) is 5.57. The van der Waals surface area contributed by atoms with Gasteiger partial charge in [0.1, 0.15) is 18.2 Å². The molecule has 0 radical (unpaired) electrons. The van der Waals surface area contributed by atoms with Crippen LogP contribution in [0.1, 0.15) is 15.9 Å². The lowest BCUT2D eigenvalue weighted by molar-refractivity contribution is 0.0981. The van der Waals surface area contributed by atoms with Gasteiger partial charge in [0.15, 0.2) is 0 Å². The standard InChI is InChI=1S/C20H15BrFNO4S/c21-16-4-2-6-19(12-16)28(25,26)23-20(24)15-7-9-18(10-8-15)27-13-14-3-1-5-17(22)11-14/h1-12H,13H2,(H,23,24). The average Bonchev–Trinajstić information content (AvgIpc) is 2.66. The Hall–Kier alpha value is -2.71. The highest BCUT2D eigenvalue weighted by molar-refractivity contribution is 9.10. The lowest BCUT2D eigenvalue weighted by atomic mass is 10.2. The summed E-state index contributed by atoms with van der Waals surface area (Å²) in [5.41, 5.74) is 0.832. The summed E-state index contributed by atoms with van der Waals surface area (Å²) in [7, 11) is -3.99. The van der Waals surface area contributed by atoms with Gasteiger partial charge in [-0.2, -0.15) is 0 Å². The van der Waals surface area contributed by atoms with Gasteiger partial charge in [-0.1, -0.05) is 34.1 Å². The van der Waals surface area contributed by atoms with E-state index in [9.17, 15) is 17.6 Å². The van der Waals surface area contributed by atoms with E-state index in [1.54, 1.807) is 36.4 Å². The summed E-state index contributed by atoms with van der Waals surface area (Å²) in [6, 6.07) is 18.1. The van der Waals surface area contributed by atoms with Crippen LogP contribution in [0.25, 0.3) is 0 Å². The predicted octanol–water partition coefficient (Wildman–Crippen LogP) is 4.29. The molecule has 0 atom stereocenters. The van der Waals surface area contributed by atoms with Crippen LogP contribution in [0, 0.1) is 5.82 Å². The van der Waals surface area contributed by atoms with Crippen molar-refractivity contribution in [2.45, 2.75) is 11.5 Å². The summed E-state index contributed by atoms with van der Waals surface area (Å²) >= 11 is 3.20. The highest BCUT2D eigenvalue weighted by atomic mass is 79.9. The number of hydrogen-bond donors (Lipinski definition) is 1. The van der Waals surface area contributed by atoms with Crippen LogP contribution in [-0.4, -0.2) is 14.3 Å². The molecule has 0 fully saturated rings. The van der Waals surface area contributed by atoms with Gasteiger partial charge in [0.2, 0.25) is 0 Å². The van der Waals surface area contributed by atoms with Crippen LogP contribution in [0.3, 0.4) is 0 Å². The highest BCUT2D eigenvalue weighted by Gasteiger charge is 2.19. The quantitative estimate of drug-likeness (QED) is 0.591. The van der Waals surface area contributed by atoms with Crippen molar-refractivity contribution < 1.29 is 22.3 Å². The van der Waals surface area contributed by atoms with Gasteiger partial charge in [0.05, 0.1) is 4.90 Å². The number of nitrogens with one attached hydrogen (secondary N) is 1. The van der Waals surface area contributed by atoms with Gasteiger partial charge in [-0.15, -0.1) is 0 Å². The van der Waals surface area contributed by atoms with E-state index in [0.717, 1.165) is 0 Å². The van der Waals surface area contributed by atoms with Crippen LogP contribution in [0.15, 0.2) is 82.2 Å². The first-order chi connectivity index (χ1) is 13.3. The van der Waals surface area contributed by atoms with E-state index >= 15 is 0 Å². The molecule has 3 rings (SSSR count). The monoisotopic (exact) mass is 463 g/mol. The van der Waals surface area contributed by atoms with Crippen LogP contribution in [0.5, 0.6) is 5.75 Å². The molecule has 0 bridgehead atoms. The van der Waals surface area contributed by atoms with Gasteiger partial charge in [0.25, 0.3) is 15.9 Å². The number of hydrogen-bond acceptors (Lipinski definition) is 4.